The van der Waals surface area contributed by atoms with Crippen molar-refractivity contribution >= 4 is 15.9 Å². The fourth-order valence-corrected chi connectivity index (χ4v) is 2.28. The third kappa shape index (κ3) is 6.21. The van der Waals surface area contributed by atoms with Gasteiger partial charge in [0.05, 0.1) is 6.10 Å². The van der Waals surface area contributed by atoms with Gasteiger partial charge < -0.3 is 4.74 Å². The Hall–Kier alpha value is -0.640. The Bertz CT molecular complexity index is 415. The van der Waals surface area contributed by atoms with Gasteiger partial charge in [-0.3, -0.25) is 0 Å². The number of hydrogen-bond donors (Lipinski definition) is 0. The zero-order valence-electron chi connectivity index (χ0n) is 13.4. The van der Waals surface area contributed by atoms with Crippen LogP contribution in [0.25, 0.3) is 0 Å². The Kier molecular flexibility index (Phi) is 6.93. The molecule has 0 aromatic carbocycles. The van der Waals surface area contributed by atoms with E-state index in [9.17, 15) is 0 Å². The van der Waals surface area contributed by atoms with Crippen LogP contribution in [0.2, 0.25) is 0 Å². The zero-order chi connectivity index (χ0) is 15.2. The third-order valence-electron chi connectivity index (χ3n) is 3.13. The van der Waals surface area contributed by atoms with Crippen molar-refractivity contribution in [3.8, 4) is 5.88 Å². The van der Waals surface area contributed by atoms with Crippen LogP contribution in [-0.4, -0.2) is 16.1 Å². The Morgan fingerprint density at radius 3 is 2.50 bits per heavy atom. The molecule has 0 N–H and O–H groups in total. The molecule has 4 heteroatoms. The minimum atomic E-state index is -0.0771. The highest BCUT2D eigenvalue weighted by atomic mass is 79.9. The molecular formula is C16H27BrN2O. The number of rotatable bonds is 7. The first kappa shape index (κ1) is 17.4. The maximum absolute atomic E-state index is 5.93. The van der Waals surface area contributed by atoms with Gasteiger partial charge in [0, 0.05) is 11.5 Å². The van der Waals surface area contributed by atoms with Crippen molar-refractivity contribution in [2.45, 2.75) is 78.2 Å². The molecule has 0 saturated heterocycles. The van der Waals surface area contributed by atoms with Gasteiger partial charge in [-0.15, -0.1) is 0 Å². The number of unbranched alkanes of at least 4 members (excludes halogenated alkanes) is 3. The van der Waals surface area contributed by atoms with E-state index in [1.807, 2.05) is 6.07 Å². The first-order valence-corrected chi connectivity index (χ1v) is 8.34. The molecule has 0 spiro atoms. The number of hydrogen-bond acceptors (Lipinski definition) is 3. The molecule has 1 aromatic rings. The second-order valence-corrected chi connectivity index (χ2v) is 7.19. The van der Waals surface area contributed by atoms with Crippen molar-refractivity contribution in [1.29, 1.82) is 0 Å². The summed E-state index contributed by atoms with van der Waals surface area (Å²) in [6.07, 6.45) is 6.34. The highest BCUT2D eigenvalue weighted by Gasteiger charge is 2.19. The molecule has 20 heavy (non-hydrogen) atoms. The highest BCUT2D eigenvalue weighted by molar-refractivity contribution is 9.10. The lowest BCUT2D eigenvalue weighted by atomic mass is 9.96. The number of nitrogens with zero attached hydrogens (tertiary/aromatic N) is 2. The van der Waals surface area contributed by atoms with Crippen LogP contribution in [0.4, 0.5) is 0 Å². The summed E-state index contributed by atoms with van der Waals surface area (Å²) in [7, 11) is 0. The molecule has 1 aromatic heterocycles. The Morgan fingerprint density at radius 2 is 1.90 bits per heavy atom. The lowest BCUT2D eigenvalue weighted by Gasteiger charge is -2.19. The van der Waals surface area contributed by atoms with E-state index in [2.05, 4.69) is 60.5 Å². The molecule has 0 aliphatic heterocycles. The predicted octanol–water partition coefficient (Wildman–Crippen LogP) is 5.27. The van der Waals surface area contributed by atoms with Gasteiger partial charge in [-0.05, 0) is 35.7 Å². The second kappa shape index (κ2) is 7.96. The van der Waals surface area contributed by atoms with Gasteiger partial charge in [0.1, 0.15) is 10.4 Å². The molecule has 0 fully saturated rings. The molecule has 0 saturated carbocycles. The van der Waals surface area contributed by atoms with Gasteiger partial charge >= 0.3 is 0 Å². The third-order valence-corrected chi connectivity index (χ3v) is 3.53. The number of aromatic nitrogens is 2. The van der Waals surface area contributed by atoms with Gasteiger partial charge in [0.15, 0.2) is 0 Å². The van der Waals surface area contributed by atoms with Crippen molar-refractivity contribution in [2.24, 2.45) is 0 Å². The van der Waals surface area contributed by atoms with Crippen molar-refractivity contribution < 1.29 is 4.74 Å². The summed E-state index contributed by atoms with van der Waals surface area (Å²) in [4.78, 5) is 8.95. The molecule has 0 aliphatic rings. The van der Waals surface area contributed by atoms with Gasteiger partial charge in [0.2, 0.25) is 5.88 Å². The normalized spacial score (nSPS) is 13.3. The maximum Gasteiger partial charge on any atom is 0.218 e. The Morgan fingerprint density at radius 1 is 1.20 bits per heavy atom. The number of ether oxygens (including phenoxy) is 1. The average Bonchev–Trinajstić information content (AvgIpc) is 2.33. The monoisotopic (exact) mass is 342 g/mol. The summed E-state index contributed by atoms with van der Waals surface area (Å²) in [5.74, 6) is 1.47. The average molecular weight is 343 g/mol. The molecule has 3 nitrogen and oxygen atoms in total. The van der Waals surface area contributed by atoms with Crippen LogP contribution in [0.5, 0.6) is 5.88 Å². The summed E-state index contributed by atoms with van der Waals surface area (Å²) in [6.45, 7) is 10.7. The van der Waals surface area contributed by atoms with Crippen molar-refractivity contribution in [3.05, 3.63) is 16.5 Å². The van der Waals surface area contributed by atoms with Crippen molar-refractivity contribution in [2.75, 3.05) is 0 Å². The zero-order valence-corrected chi connectivity index (χ0v) is 15.0. The SMILES string of the molecule is CCCCCCC(C)Oc1cc(Br)nc(C(C)(C)C)n1. The van der Waals surface area contributed by atoms with Crippen LogP contribution < -0.4 is 4.74 Å². The van der Waals surface area contributed by atoms with Crippen LogP contribution in [0.3, 0.4) is 0 Å². The second-order valence-electron chi connectivity index (χ2n) is 6.38. The van der Waals surface area contributed by atoms with E-state index < -0.39 is 0 Å². The van der Waals surface area contributed by atoms with Crippen molar-refractivity contribution in [1.82, 2.24) is 9.97 Å². The van der Waals surface area contributed by atoms with Gasteiger partial charge in [-0.1, -0.05) is 47.0 Å². The first-order chi connectivity index (χ1) is 9.32. The van der Waals surface area contributed by atoms with Crippen LogP contribution in [-0.2, 0) is 5.41 Å². The van der Waals surface area contributed by atoms with Gasteiger partial charge in [-0.25, -0.2) is 4.98 Å². The van der Waals surface area contributed by atoms with E-state index in [1.54, 1.807) is 0 Å². The Balaban J connectivity index is 2.61. The van der Waals surface area contributed by atoms with Gasteiger partial charge in [-0.2, -0.15) is 4.98 Å². The first-order valence-electron chi connectivity index (χ1n) is 7.54. The molecule has 1 rings (SSSR count). The molecule has 0 radical (unpaired) electrons. The fourth-order valence-electron chi connectivity index (χ4n) is 1.92. The summed E-state index contributed by atoms with van der Waals surface area (Å²) in [5, 5.41) is 0. The van der Waals surface area contributed by atoms with Crippen LogP contribution >= 0.6 is 15.9 Å². The quantitative estimate of drug-likeness (QED) is 0.499. The van der Waals surface area contributed by atoms with Crippen LogP contribution in [0, 0.1) is 0 Å². The van der Waals surface area contributed by atoms with Crippen LogP contribution in [0.1, 0.15) is 72.5 Å². The van der Waals surface area contributed by atoms with E-state index in [4.69, 9.17) is 4.74 Å². The van der Waals surface area contributed by atoms with E-state index >= 15 is 0 Å². The minimum Gasteiger partial charge on any atom is -0.475 e. The summed E-state index contributed by atoms with van der Waals surface area (Å²) in [5.41, 5.74) is -0.0771. The van der Waals surface area contributed by atoms with Crippen LogP contribution in [0.15, 0.2) is 10.7 Å². The van der Waals surface area contributed by atoms with Crippen molar-refractivity contribution in [3.63, 3.8) is 0 Å². The summed E-state index contributed by atoms with van der Waals surface area (Å²) in [6, 6.07) is 1.85. The van der Waals surface area contributed by atoms with Gasteiger partial charge in [0.25, 0.3) is 0 Å². The molecule has 114 valence electrons. The highest BCUT2D eigenvalue weighted by Crippen LogP contribution is 2.24. The minimum absolute atomic E-state index is 0.0771. The maximum atomic E-state index is 5.93. The number of halogens is 1. The van der Waals surface area contributed by atoms with E-state index in [1.165, 1.54) is 25.7 Å². The molecule has 0 aliphatic carbocycles. The molecule has 0 amide bonds. The smallest absolute Gasteiger partial charge is 0.218 e. The largest absolute Gasteiger partial charge is 0.475 e. The Labute approximate surface area is 131 Å². The fraction of sp³-hybridized carbons (Fsp3) is 0.750. The lowest BCUT2D eigenvalue weighted by molar-refractivity contribution is 0.196. The van der Waals surface area contributed by atoms with E-state index in [-0.39, 0.29) is 11.5 Å². The molecule has 1 heterocycles. The topological polar surface area (TPSA) is 35.0 Å². The predicted molar refractivity (Wildman–Crippen MR) is 87.3 cm³/mol. The van der Waals surface area contributed by atoms with E-state index in [0.717, 1.165) is 16.8 Å². The summed E-state index contributed by atoms with van der Waals surface area (Å²) < 4.78 is 6.71. The molecule has 1 unspecified atom stereocenters. The molecule has 1 atom stereocenters. The van der Waals surface area contributed by atoms with E-state index in [0.29, 0.717) is 5.88 Å². The standard InChI is InChI=1S/C16H27BrN2O/c1-6-7-8-9-10-12(2)20-14-11-13(17)18-15(19-14)16(3,4)5/h11-12H,6-10H2,1-5H3. The molecule has 0 bridgehead atoms. The summed E-state index contributed by atoms with van der Waals surface area (Å²) >= 11 is 3.44. The molecular weight excluding hydrogens is 316 g/mol. The lowest BCUT2D eigenvalue weighted by Crippen LogP contribution is -2.18.